The zero-order valence-corrected chi connectivity index (χ0v) is 5.70. The summed E-state index contributed by atoms with van der Waals surface area (Å²) in [6.07, 6.45) is -3.32. The molecule has 2 N–H and O–H groups in total. The van der Waals surface area contributed by atoms with Crippen molar-refractivity contribution in [1.29, 1.82) is 0 Å². The van der Waals surface area contributed by atoms with Gasteiger partial charge in [0.05, 0.1) is 6.10 Å². The van der Waals surface area contributed by atoms with Crippen LogP contribution in [0.1, 0.15) is 6.92 Å². The van der Waals surface area contributed by atoms with Crippen molar-refractivity contribution in [3.05, 3.63) is 0 Å². The van der Waals surface area contributed by atoms with E-state index >= 15 is 0 Å². The maximum atomic E-state index is 11.9. The first-order valence-electron chi connectivity index (χ1n) is 3.24. The Bertz CT molecular complexity index is 120. The van der Waals surface area contributed by atoms with E-state index in [0.29, 0.717) is 0 Å². The third kappa shape index (κ3) is 1.14. The Morgan fingerprint density at radius 3 is 2.20 bits per heavy atom. The van der Waals surface area contributed by atoms with Crippen LogP contribution in [0.3, 0.4) is 0 Å². The van der Waals surface area contributed by atoms with Crippen LogP contribution in [-0.4, -0.2) is 41.3 Å². The Kier molecular flexibility index (Phi) is 2.23. The molecule has 0 saturated carbocycles. The Hall–Kier alpha value is -0.190. The molecule has 0 aromatic carbocycles. The molecule has 1 rings (SSSR count). The monoisotopic (exact) mass is 150 g/mol. The normalized spacial score (nSPS) is 48.0. The molecule has 1 saturated heterocycles. The number of rotatable bonds is 1. The summed E-state index contributed by atoms with van der Waals surface area (Å²) in [6.45, 7) is 0.853. The van der Waals surface area contributed by atoms with E-state index in [2.05, 4.69) is 0 Å². The van der Waals surface area contributed by atoms with Crippen LogP contribution in [0.15, 0.2) is 0 Å². The van der Waals surface area contributed by atoms with E-state index in [9.17, 15) is 4.39 Å². The molecule has 0 aliphatic carbocycles. The summed E-state index contributed by atoms with van der Waals surface area (Å²) in [6, 6.07) is 0. The second-order valence-corrected chi connectivity index (χ2v) is 2.52. The van der Waals surface area contributed by atoms with Crippen LogP contribution in [0.25, 0.3) is 0 Å². The van der Waals surface area contributed by atoms with Crippen molar-refractivity contribution < 1.29 is 19.3 Å². The molecule has 4 unspecified atom stereocenters. The molecule has 0 radical (unpaired) electrons. The Balaban J connectivity index is 2.53. The SMILES string of the molecule is CC1OC(CF)C(O)C1O. The van der Waals surface area contributed by atoms with Gasteiger partial charge in [0.2, 0.25) is 0 Å². The highest BCUT2D eigenvalue weighted by Crippen LogP contribution is 2.20. The molecule has 10 heavy (non-hydrogen) atoms. The van der Waals surface area contributed by atoms with Crippen molar-refractivity contribution in [2.45, 2.75) is 31.3 Å². The van der Waals surface area contributed by atoms with E-state index in [0.717, 1.165) is 0 Å². The van der Waals surface area contributed by atoms with E-state index < -0.39 is 31.1 Å². The average Bonchev–Trinajstić information content (AvgIpc) is 2.17. The summed E-state index contributed by atoms with van der Waals surface area (Å²) < 4.78 is 16.8. The zero-order chi connectivity index (χ0) is 7.72. The summed E-state index contributed by atoms with van der Waals surface area (Å²) in [5.74, 6) is 0. The highest BCUT2D eigenvalue weighted by molar-refractivity contribution is 4.87. The maximum Gasteiger partial charge on any atom is 0.118 e. The van der Waals surface area contributed by atoms with Crippen molar-refractivity contribution in [3.63, 3.8) is 0 Å². The van der Waals surface area contributed by atoms with E-state index in [1.165, 1.54) is 0 Å². The van der Waals surface area contributed by atoms with Crippen molar-refractivity contribution in [2.75, 3.05) is 6.67 Å². The molecule has 1 aliphatic rings. The van der Waals surface area contributed by atoms with Crippen LogP contribution in [0.5, 0.6) is 0 Å². The summed E-state index contributed by atoms with van der Waals surface area (Å²) in [5, 5.41) is 18.0. The van der Waals surface area contributed by atoms with Gasteiger partial charge in [0, 0.05) is 0 Å². The minimum Gasteiger partial charge on any atom is -0.388 e. The van der Waals surface area contributed by atoms with Crippen LogP contribution in [-0.2, 0) is 4.74 Å². The smallest absolute Gasteiger partial charge is 0.118 e. The zero-order valence-electron chi connectivity index (χ0n) is 5.70. The largest absolute Gasteiger partial charge is 0.388 e. The molecule has 0 aromatic heterocycles. The minimum atomic E-state index is -1.07. The second kappa shape index (κ2) is 2.82. The molecule has 0 spiro atoms. The van der Waals surface area contributed by atoms with Gasteiger partial charge in [-0.15, -0.1) is 0 Å². The van der Waals surface area contributed by atoms with E-state index in [1.54, 1.807) is 6.92 Å². The first-order valence-corrected chi connectivity index (χ1v) is 3.24. The van der Waals surface area contributed by atoms with Gasteiger partial charge in [-0.2, -0.15) is 0 Å². The first kappa shape index (κ1) is 7.91. The Morgan fingerprint density at radius 2 is 2.00 bits per heavy atom. The lowest BCUT2D eigenvalue weighted by atomic mass is 10.1. The molecule has 1 heterocycles. The van der Waals surface area contributed by atoms with Gasteiger partial charge in [0.1, 0.15) is 25.0 Å². The van der Waals surface area contributed by atoms with Crippen LogP contribution in [0.2, 0.25) is 0 Å². The third-order valence-corrected chi connectivity index (χ3v) is 1.75. The minimum absolute atomic E-state index is 0.462. The molecule has 1 fully saturated rings. The molecule has 0 bridgehead atoms. The Morgan fingerprint density at radius 1 is 1.40 bits per heavy atom. The predicted molar refractivity (Wildman–Crippen MR) is 32.3 cm³/mol. The van der Waals surface area contributed by atoms with E-state index in [1.807, 2.05) is 0 Å². The molecule has 0 amide bonds. The first-order chi connectivity index (χ1) is 4.66. The topological polar surface area (TPSA) is 49.7 Å². The standard InChI is InChI=1S/C6H11FO3/c1-3-5(8)6(9)4(2-7)10-3/h3-6,8-9H,2H2,1H3. The van der Waals surface area contributed by atoms with Gasteiger partial charge in [-0.3, -0.25) is 0 Å². The molecule has 1 aliphatic heterocycles. The quantitative estimate of drug-likeness (QED) is 0.528. The fourth-order valence-corrected chi connectivity index (χ4v) is 1.06. The third-order valence-electron chi connectivity index (χ3n) is 1.75. The van der Waals surface area contributed by atoms with Gasteiger partial charge in [0.25, 0.3) is 0 Å². The average molecular weight is 150 g/mol. The van der Waals surface area contributed by atoms with Gasteiger partial charge in [-0.05, 0) is 6.92 Å². The lowest BCUT2D eigenvalue weighted by Gasteiger charge is -2.09. The lowest BCUT2D eigenvalue weighted by molar-refractivity contribution is 0.00203. The van der Waals surface area contributed by atoms with E-state index in [4.69, 9.17) is 14.9 Å². The predicted octanol–water partition coefficient (Wildman–Crippen LogP) is -0.535. The highest BCUT2D eigenvalue weighted by atomic mass is 19.1. The fraction of sp³-hybridized carbons (Fsp3) is 1.00. The molecule has 60 valence electrons. The van der Waals surface area contributed by atoms with Gasteiger partial charge in [-0.25, -0.2) is 4.39 Å². The fourth-order valence-electron chi connectivity index (χ4n) is 1.06. The highest BCUT2D eigenvalue weighted by Gasteiger charge is 2.39. The van der Waals surface area contributed by atoms with Gasteiger partial charge in [0.15, 0.2) is 0 Å². The number of hydrogen-bond acceptors (Lipinski definition) is 3. The van der Waals surface area contributed by atoms with Gasteiger partial charge in [-0.1, -0.05) is 0 Å². The second-order valence-electron chi connectivity index (χ2n) is 2.52. The molecular weight excluding hydrogens is 139 g/mol. The number of halogens is 1. The van der Waals surface area contributed by atoms with Crippen LogP contribution in [0, 0.1) is 0 Å². The van der Waals surface area contributed by atoms with E-state index in [-0.39, 0.29) is 0 Å². The van der Waals surface area contributed by atoms with Crippen molar-refractivity contribution in [1.82, 2.24) is 0 Å². The van der Waals surface area contributed by atoms with Gasteiger partial charge >= 0.3 is 0 Å². The summed E-state index contributed by atoms with van der Waals surface area (Å²) in [7, 11) is 0. The molecule has 0 aromatic rings. The number of aliphatic hydroxyl groups is 2. The number of alkyl halides is 1. The molecule has 4 atom stereocenters. The van der Waals surface area contributed by atoms with Crippen molar-refractivity contribution in [2.24, 2.45) is 0 Å². The van der Waals surface area contributed by atoms with Crippen LogP contribution in [0.4, 0.5) is 4.39 Å². The summed E-state index contributed by atoms with van der Waals surface area (Å²) in [5.41, 5.74) is 0. The van der Waals surface area contributed by atoms with Crippen LogP contribution >= 0.6 is 0 Å². The molecule has 4 heteroatoms. The van der Waals surface area contributed by atoms with Crippen molar-refractivity contribution >= 4 is 0 Å². The molecular formula is C6H11FO3. The number of aliphatic hydroxyl groups excluding tert-OH is 2. The van der Waals surface area contributed by atoms with Crippen molar-refractivity contribution in [3.8, 4) is 0 Å². The Labute approximate surface area is 58.4 Å². The van der Waals surface area contributed by atoms with Crippen LogP contribution < -0.4 is 0 Å². The van der Waals surface area contributed by atoms with Gasteiger partial charge < -0.3 is 14.9 Å². The molecule has 3 nitrogen and oxygen atoms in total. The lowest BCUT2D eigenvalue weighted by Crippen LogP contribution is -2.32. The summed E-state index contributed by atoms with van der Waals surface area (Å²) >= 11 is 0. The number of hydrogen-bond donors (Lipinski definition) is 2. The number of ether oxygens (including phenoxy) is 1. The summed E-state index contributed by atoms with van der Waals surface area (Å²) in [4.78, 5) is 0. The maximum absolute atomic E-state index is 11.9.